The van der Waals surface area contributed by atoms with E-state index in [1.54, 1.807) is 29.2 Å². The van der Waals surface area contributed by atoms with Gasteiger partial charge in [-0.1, -0.05) is 23.7 Å². The summed E-state index contributed by atoms with van der Waals surface area (Å²) in [5.41, 5.74) is 1.62. The van der Waals surface area contributed by atoms with Crippen LogP contribution in [0.2, 0.25) is 5.02 Å². The smallest absolute Gasteiger partial charge is 0.266 e. The predicted octanol–water partition coefficient (Wildman–Crippen LogP) is 4.87. The molecule has 0 N–H and O–H groups in total. The van der Waals surface area contributed by atoms with Crippen molar-refractivity contribution < 1.29 is 9.53 Å². The monoisotopic (exact) mass is 397 g/mol. The van der Waals surface area contributed by atoms with Gasteiger partial charge in [-0.05, 0) is 66.7 Å². The van der Waals surface area contributed by atoms with Gasteiger partial charge in [0.05, 0.1) is 10.6 Å². The van der Waals surface area contributed by atoms with Gasteiger partial charge in [0.2, 0.25) is 0 Å². The van der Waals surface area contributed by atoms with E-state index in [9.17, 15) is 4.79 Å². The van der Waals surface area contributed by atoms with Crippen LogP contribution in [0.1, 0.15) is 12.5 Å². The molecule has 2 aromatic carbocycles. The topological polar surface area (TPSA) is 65.7 Å². The predicted molar refractivity (Wildman–Crippen MR) is 109 cm³/mol. The summed E-state index contributed by atoms with van der Waals surface area (Å²) >= 11 is 7.25. The number of ether oxygens (including phenoxy) is 1. The molecule has 0 spiro atoms. The third-order valence-electron chi connectivity index (χ3n) is 3.74. The Balaban J connectivity index is 1.82. The Kier molecular flexibility index (Phi) is 6.17. The molecule has 0 bridgehead atoms. The van der Waals surface area contributed by atoms with Crippen molar-refractivity contribution in [1.82, 2.24) is 4.90 Å². The number of thioether (sulfide) groups is 1. The molecule has 27 heavy (non-hydrogen) atoms. The van der Waals surface area contributed by atoms with Crippen LogP contribution in [0.5, 0.6) is 5.75 Å². The van der Waals surface area contributed by atoms with E-state index in [1.165, 1.54) is 11.8 Å². The maximum absolute atomic E-state index is 12.7. The van der Waals surface area contributed by atoms with Gasteiger partial charge in [0.1, 0.15) is 11.8 Å². The van der Waals surface area contributed by atoms with Gasteiger partial charge in [-0.2, -0.15) is 5.26 Å². The number of hydrogen-bond acceptors (Lipinski definition) is 5. The first-order chi connectivity index (χ1) is 13.1. The lowest BCUT2D eigenvalue weighted by Crippen LogP contribution is -2.28. The molecule has 1 aliphatic heterocycles. The lowest BCUT2D eigenvalue weighted by atomic mass is 10.2. The first-order valence-corrected chi connectivity index (χ1v) is 9.45. The van der Waals surface area contributed by atoms with E-state index in [-0.39, 0.29) is 12.5 Å². The summed E-state index contributed by atoms with van der Waals surface area (Å²) in [6, 6.07) is 16.3. The number of aliphatic imine (C=N–C) groups is 1. The molecule has 5 nitrogen and oxygen atoms in total. The van der Waals surface area contributed by atoms with Crippen molar-refractivity contribution >= 4 is 46.2 Å². The fourth-order valence-corrected chi connectivity index (χ4v) is 3.61. The van der Waals surface area contributed by atoms with Crippen molar-refractivity contribution in [2.24, 2.45) is 4.99 Å². The Morgan fingerprint density at radius 3 is 2.56 bits per heavy atom. The number of amides is 1. The van der Waals surface area contributed by atoms with E-state index in [1.807, 2.05) is 43.3 Å². The van der Waals surface area contributed by atoms with Crippen LogP contribution in [0.3, 0.4) is 0 Å². The van der Waals surface area contributed by atoms with Crippen molar-refractivity contribution in [3.05, 3.63) is 64.0 Å². The zero-order chi connectivity index (χ0) is 19.2. The van der Waals surface area contributed by atoms with Gasteiger partial charge < -0.3 is 4.74 Å². The molecule has 3 rings (SSSR count). The summed E-state index contributed by atoms with van der Waals surface area (Å²) < 4.78 is 5.24. The highest BCUT2D eigenvalue weighted by Crippen LogP contribution is 2.34. The van der Waals surface area contributed by atoms with Gasteiger partial charge in [0.15, 0.2) is 11.8 Å². The molecule has 1 aliphatic rings. The van der Waals surface area contributed by atoms with Crippen molar-refractivity contribution in [2.45, 2.75) is 6.92 Å². The maximum Gasteiger partial charge on any atom is 0.266 e. The zero-order valence-electron chi connectivity index (χ0n) is 14.6. The van der Waals surface area contributed by atoms with Gasteiger partial charge >= 0.3 is 0 Å². The van der Waals surface area contributed by atoms with E-state index >= 15 is 0 Å². The molecule has 0 unspecified atom stereocenters. The Bertz CT molecular complexity index is 931. The Morgan fingerprint density at radius 2 is 1.93 bits per heavy atom. The van der Waals surface area contributed by atoms with Crippen molar-refractivity contribution in [3.8, 4) is 11.8 Å². The number of benzene rings is 2. The summed E-state index contributed by atoms with van der Waals surface area (Å²) in [7, 11) is 0. The molecule has 0 radical (unpaired) electrons. The normalized spacial score (nSPS) is 16.8. The third kappa shape index (κ3) is 4.70. The maximum atomic E-state index is 12.7. The molecule has 1 heterocycles. The van der Waals surface area contributed by atoms with Crippen LogP contribution in [0.25, 0.3) is 6.08 Å². The van der Waals surface area contributed by atoms with Gasteiger partial charge in [0, 0.05) is 11.6 Å². The minimum absolute atomic E-state index is 0.00472. The molecule has 1 fully saturated rings. The van der Waals surface area contributed by atoms with Crippen LogP contribution in [0, 0.1) is 11.3 Å². The Labute approximate surface area is 166 Å². The standard InChI is InChI=1S/C20H16ClN3O2S/c1-2-24-19(25)18(13-14-3-9-17(10-4-14)26-12-11-22)27-20(24)23-16-7-5-15(21)6-8-16/h3-10,13H,2,12H2,1H3/b18-13+,23-20?. The van der Waals surface area contributed by atoms with Gasteiger partial charge in [-0.15, -0.1) is 0 Å². The van der Waals surface area contributed by atoms with E-state index in [0.717, 1.165) is 11.3 Å². The largest absolute Gasteiger partial charge is 0.479 e. The van der Waals surface area contributed by atoms with Crippen molar-refractivity contribution in [1.29, 1.82) is 5.26 Å². The molecule has 136 valence electrons. The fourth-order valence-electron chi connectivity index (χ4n) is 2.42. The van der Waals surface area contributed by atoms with Crippen molar-refractivity contribution in [2.75, 3.05) is 13.2 Å². The average Bonchev–Trinajstić information content (AvgIpc) is 2.97. The van der Waals surface area contributed by atoms with Gasteiger partial charge in [0.25, 0.3) is 5.91 Å². The van der Waals surface area contributed by atoms with E-state index in [2.05, 4.69) is 4.99 Å². The Hall–Kier alpha value is -2.75. The highest BCUT2D eigenvalue weighted by atomic mass is 35.5. The minimum Gasteiger partial charge on any atom is -0.479 e. The molecule has 1 amide bonds. The highest BCUT2D eigenvalue weighted by molar-refractivity contribution is 8.18. The molecule has 7 heteroatoms. The summed E-state index contributed by atoms with van der Waals surface area (Å²) in [6.07, 6.45) is 1.83. The van der Waals surface area contributed by atoms with Crippen LogP contribution < -0.4 is 4.74 Å². The minimum atomic E-state index is -0.0694. The first-order valence-electron chi connectivity index (χ1n) is 8.26. The number of halogens is 1. The first kappa shape index (κ1) is 19.0. The number of nitriles is 1. The second-order valence-electron chi connectivity index (χ2n) is 5.55. The molecule has 2 aromatic rings. The SMILES string of the molecule is CCN1C(=O)/C(=C\c2ccc(OCC#N)cc2)SC1=Nc1ccc(Cl)cc1. The number of nitrogens with zero attached hydrogens (tertiary/aromatic N) is 3. The molecular formula is C20H16ClN3O2S. The van der Waals surface area contributed by atoms with Crippen LogP contribution >= 0.6 is 23.4 Å². The van der Waals surface area contributed by atoms with E-state index < -0.39 is 0 Å². The van der Waals surface area contributed by atoms with Crippen LogP contribution in [0.4, 0.5) is 5.69 Å². The molecular weight excluding hydrogens is 382 g/mol. The number of carbonyl (C=O) groups excluding carboxylic acids is 1. The van der Waals surface area contributed by atoms with E-state index in [0.29, 0.717) is 27.4 Å². The van der Waals surface area contributed by atoms with Gasteiger partial charge in [-0.3, -0.25) is 9.69 Å². The van der Waals surface area contributed by atoms with Gasteiger partial charge in [-0.25, -0.2) is 4.99 Å². The fraction of sp³-hybridized carbons (Fsp3) is 0.150. The second-order valence-corrected chi connectivity index (χ2v) is 6.99. The second kappa shape index (κ2) is 8.76. The van der Waals surface area contributed by atoms with Crippen LogP contribution in [-0.2, 0) is 4.79 Å². The van der Waals surface area contributed by atoms with Crippen molar-refractivity contribution in [3.63, 3.8) is 0 Å². The summed E-state index contributed by atoms with van der Waals surface area (Å²) in [4.78, 5) is 19.5. The molecule has 0 saturated carbocycles. The lowest BCUT2D eigenvalue weighted by molar-refractivity contribution is -0.122. The molecule has 0 aliphatic carbocycles. The summed E-state index contributed by atoms with van der Waals surface area (Å²) in [5.74, 6) is 0.546. The number of hydrogen-bond donors (Lipinski definition) is 0. The zero-order valence-corrected chi connectivity index (χ0v) is 16.1. The quantitative estimate of drug-likeness (QED) is 0.675. The number of likely N-dealkylation sites (N-methyl/N-ethyl adjacent to an activating group) is 1. The number of rotatable bonds is 5. The molecule has 1 saturated heterocycles. The Morgan fingerprint density at radius 1 is 1.22 bits per heavy atom. The van der Waals surface area contributed by atoms with Crippen LogP contribution in [0.15, 0.2) is 58.4 Å². The van der Waals surface area contributed by atoms with E-state index in [4.69, 9.17) is 21.6 Å². The third-order valence-corrected chi connectivity index (χ3v) is 5.00. The van der Waals surface area contributed by atoms with Crippen LogP contribution in [-0.4, -0.2) is 29.1 Å². The number of amidine groups is 1. The molecule has 0 aromatic heterocycles. The average molecular weight is 398 g/mol. The molecule has 0 atom stereocenters. The highest BCUT2D eigenvalue weighted by Gasteiger charge is 2.32. The summed E-state index contributed by atoms with van der Waals surface area (Å²) in [5, 5.41) is 9.83. The summed E-state index contributed by atoms with van der Waals surface area (Å²) in [6.45, 7) is 2.46. The lowest BCUT2D eigenvalue weighted by Gasteiger charge is -2.11. The number of carbonyl (C=O) groups is 1.